The van der Waals surface area contributed by atoms with Crippen LogP contribution in [0.1, 0.15) is 38.0 Å². The molecule has 118 valence electrons. The highest BCUT2D eigenvalue weighted by Gasteiger charge is 2.26. The van der Waals surface area contributed by atoms with E-state index in [1.165, 1.54) is 41.5 Å². The van der Waals surface area contributed by atoms with Gasteiger partial charge in [0.2, 0.25) is 0 Å². The van der Waals surface area contributed by atoms with E-state index in [9.17, 15) is 0 Å². The zero-order chi connectivity index (χ0) is 15.6. The van der Waals surface area contributed by atoms with Gasteiger partial charge in [0.1, 0.15) is 6.54 Å². The average Bonchev–Trinajstić information content (AvgIpc) is 2.93. The summed E-state index contributed by atoms with van der Waals surface area (Å²) >= 11 is 0. The predicted molar refractivity (Wildman–Crippen MR) is 93.1 cm³/mol. The maximum absolute atomic E-state index is 6.32. The third-order valence-corrected chi connectivity index (χ3v) is 5.67. The molecule has 22 heavy (non-hydrogen) atoms. The lowest BCUT2D eigenvalue weighted by Crippen LogP contribution is -2.49. The van der Waals surface area contributed by atoms with Crippen molar-refractivity contribution in [2.24, 2.45) is 0 Å². The monoisotopic (exact) mass is 298 g/mol. The van der Waals surface area contributed by atoms with E-state index >= 15 is 0 Å². The number of nitrogens with zero attached hydrogens (tertiary/aromatic N) is 1. The highest BCUT2D eigenvalue weighted by atomic mass is 16.5. The van der Waals surface area contributed by atoms with Crippen LogP contribution in [0.4, 0.5) is 0 Å². The third kappa shape index (κ3) is 2.66. The minimum Gasteiger partial charge on any atom is -0.367 e. The molecule has 0 N–H and O–H groups in total. The lowest BCUT2D eigenvalue weighted by atomic mass is 10.1. The molecular formula is C20H28NO+. The molecule has 0 heterocycles. The Hall–Kier alpha value is -1.38. The van der Waals surface area contributed by atoms with Gasteiger partial charge < -0.3 is 9.22 Å². The number of ether oxygens (including phenoxy) is 1. The number of hydrogen-bond donors (Lipinski definition) is 0. The molecule has 0 saturated heterocycles. The Labute approximate surface area is 134 Å². The molecule has 0 amide bonds. The highest BCUT2D eigenvalue weighted by Crippen LogP contribution is 2.38. The van der Waals surface area contributed by atoms with Gasteiger partial charge in [0, 0.05) is 6.42 Å². The zero-order valence-corrected chi connectivity index (χ0v) is 14.1. The summed E-state index contributed by atoms with van der Waals surface area (Å²) in [7, 11) is 0. The van der Waals surface area contributed by atoms with E-state index in [0.717, 1.165) is 24.1 Å². The Morgan fingerprint density at radius 2 is 1.68 bits per heavy atom. The summed E-state index contributed by atoms with van der Waals surface area (Å²) in [6, 6.07) is 13.2. The molecule has 0 saturated carbocycles. The first-order valence-electron chi connectivity index (χ1n) is 8.70. The van der Waals surface area contributed by atoms with E-state index in [1.807, 2.05) is 0 Å². The smallest absolute Gasteiger partial charge is 0.102 e. The van der Waals surface area contributed by atoms with Crippen molar-refractivity contribution in [2.75, 3.05) is 32.8 Å². The van der Waals surface area contributed by atoms with E-state index in [2.05, 4.69) is 57.2 Å². The van der Waals surface area contributed by atoms with Crippen LogP contribution in [0.3, 0.4) is 0 Å². The van der Waals surface area contributed by atoms with Crippen LogP contribution in [0.25, 0.3) is 10.8 Å². The summed E-state index contributed by atoms with van der Waals surface area (Å²) in [6.45, 7) is 12.4. The summed E-state index contributed by atoms with van der Waals surface area (Å²) in [5.41, 5.74) is 2.83. The summed E-state index contributed by atoms with van der Waals surface area (Å²) in [6.07, 6.45) is 1.27. The van der Waals surface area contributed by atoms with Gasteiger partial charge in [-0.25, -0.2) is 0 Å². The maximum atomic E-state index is 6.32. The van der Waals surface area contributed by atoms with Crippen molar-refractivity contribution in [3.05, 3.63) is 47.5 Å². The van der Waals surface area contributed by atoms with Gasteiger partial charge in [-0.15, -0.1) is 0 Å². The first kappa shape index (κ1) is 15.5. The molecular weight excluding hydrogens is 270 g/mol. The van der Waals surface area contributed by atoms with Crippen LogP contribution in [0.2, 0.25) is 0 Å². The number of hydrogen-bond acceptors (Lipinski definition) is 1. The predicted octanol–water partition coefficient (Wildman–Crippen LogP) is 4.33. The van der Waals surface area contributed by atoms with Crippen LogP contribution in [0, 0.1) is 0 Å². The van der Waals surface area contributed by atoms with Crippen molar-refractivity contribution in [1.82, 2.24) is 0 Å². The fourth-order valence-corrected chi connectivity index (χ4v) is 3.88. The van der Waals surface area contributed by atoms with E-state index in [1.54, 1.807) is 0 Å². The van der Waals surface area contributed by atoms with Crippen molar-refractivity contribution in [1.29, 1.82) is 0 Å². The van der Waals surface area contributed by atoms with E-state index in [0.29, 0.717) is 0 Å². The van der Waals surface area contributed by atoms with Gasteiger partial charge in [0.25, 0.3) is 0 Å². The average molecular weight is 298 g/mol. The van der Waals surface area contributed by atoms with Crippen molar-refractivity contribution < 1.29 is 9.22 Å². The van der Waals surface area contributed by atoms with E-state index in [-0.39, 0.29) is 6.10 Å². The van der Waals surface area contributed by atoms with Crippen LogP contribution < -0.4 is 0 Å². The minimum absolute atomic E-state index is 0.244. The molecule has 2 heteroatoms. The Balaban J connectivity index is 1.71. The largest absolute Gasteiger partial charge is 0.367 e. The van der Waals surface area contributed by atoms with E-state index < -0.39 is 0 Å². The molecule has 0 radical (unpaired) electrons. The van der Waals surface area contributed by atoms with Crippen LogP contribution >= 0.6 is 0 Å². The van der Waals surface area contributed by atoms with Crippen molar-refractivity contribution in [3.63, 3.8) is 0 Å². The summed E-state index contributed by atoms with van der Waals surface area (Å²) in [5.74, 6) is 0. The normalized spacial score (nSPS) is 17.3. The van der Waals surface area contributed by atoms with Crippen LogP contribution in [0.15, 0.2) is 36.4 Å². The van der Waals surface area contributed by atoms with Gasteiger partial charge >= 0.3 is 0 Å². The van der Waals surface area contributed by atoms with Gasteiger partial charge in [-0.2, -0.15) is 0 Å². The summed E-state index contributed by atoms with van der Waals surface area (Å²) < 4.78 is 7.48. The lowest BCUT2D eigenvalue weighted by molar-refractivity contribution is -0.923. The van der Waals surface area contributed by atoms with Crippen molar-refractivity contribution in [2.45, 2.75) is 33.3 Å². The second kappa shape index (κ2) is 6.39. The Kier molecular flexibility index (Phi) is 4.51. The maximum Gasteiger partial charge on any atom is 0.102 e. The molecule has 3 rings (SSSR count). The zero-order valence-electron chi connectivity index (χ0n) is 14.1. The standard InChI is InChI=1S/C20H28NO/c1-4-21(5-2,6-3)13-14-22-19-15-17-11-7-9-16-10-8-12-18(19)20(16)17/h7-12,19H,4-6,13-15H2,1-3H3/q+1/t19-/m0/s1. The van der Waals surface area contributed by atoms with Gasteiger partial charge in [-0.3, -0.25) is 0 Å². The third-order valence-electron chi connectivity index (χ3n) is 5.67. The van der Waals surface area contributed by atoms with Crippen LogP contribution in [0.5, 0.6) is 0 Å². The molecule has 0 aromatic heterocycles. The molecule has 0 spiro atoms. The van der Waals surface area contributed by atoms with Gasteiger partial charge in [0.15, 0.2) is 0 Å². The first-order valence-corrected chi connectivity index (χ1v) is 8.70. The number of rotatable bonds is 7. The molecule has 1 aliphatic rings. The first-order chi connectivity index (χ1) is 10.7. The molecule has 2 nitrogen and oxygen atoms in total. The molecule has 2 aromatic carbocycles. The second-order valence-corrected chi connectivity index (χ2v) is 6.44. The number of likely N-dealkylation sites (N-methyl/N-ethyl adjacent to an activating group) is 1. The second-order valence-electron chi connectivity index (χ2n) is 6.44. The quantitative estimate of drug-likeness (QED) is 0.691. The molecule has 1 aliphatic carbocycles. The molecule has 0 aliphatic heterocycles. The Bertz CT molecular complexity index is 632. The molecule has 1 atom stereocenters. The number of benzene rings is 2. The highest BCUT2D eigenvalue weighted by molar-refractivity contribution is 5.91. The Morgan fingerprint density at radius 1 is 1.00 bits per heavy atom. The topological polar surface area (TPSA) is 9.23 Å². The molecule has 0 unspecified atom stereocenters. The van der Waals surface area contributed by atoms with Gasteiger partial charge in [-0.1, -0.05) is 36.4 Å². The molecule has 0 bridgehead atoms. The minimum atomic E-state index is 0.244. The van der Waals surface area contributed by atoms with Crippen molar-refractivity contribution >= 4 is 10.8 Å². The van der Waals surface area contributed by atoms with Crippen LogP contribution in [-0.4, -0.2) is 37.3 Å². The van der Waals surface area contributed by atoms with Crippen LogP contribution in [-0.2, 0) is 11.2 Å². The molecule has 2 aromatic rings. The fraction of sp³-hybridized carbons (Fsp3) is 0.500. The Morgan fingerprint density at radius 3 is 2.36 bits per heavy atom. The van der Waals surface area contributed by atoms with Crippen molar-refractivity contribution in [3.8, 4) is 0 Å². The lowest BCUT2D eigenvalue weighted by Gasteiger charge is -2.36. The SMILES string of the molecule is CC[N+](CC)(CC)CCO[C@H]1Cc2cccc3cccc1c23. The summed E-state index contributed by atoms with van der Waals surface area (Å²) in [5, 5.41) is 2.78. The van der Waals surface area contributed by atoms with Gasteiger partial charge in [0.05, 0.1) is 32.3 Å². The molecule has 0 fully saturated rings. The van der Waals surface area contributed by atoms with Gasteiger partial charge in [-0.05, 0) is 42.7 Å². The van der Waals surface area contributed by atoms with E-state index in [4.69, 9.17) is 4.74 Å². The summed E-state index contributed by atoms with van der Waals surface area (Å²) in [4.78, 5) is 0. The number of quaternary nitrogens is 1. The fourth-order valence-electron chi connectivity index (χ4n) is 3.88.